The Morgan fingerprint density at radius 3 is 3.05 bits per heavy atom. The molecule has 1 N–H and O–H groups in total. The lowest BCUT2D eigenvalue weighted by Gasteiger charge is -2.29. The number of thiophene rings is 1. The van der Waals surface area contributed by atoms with Crippen LogP contribution in [0.2, 0.25) is 0 Å². The topological polar surface area (TPSA) is 41.6 Å². The number of rotatable bonds is 5. The number of ether oxygens (including phenoxy) is 1. The minimum absolute atomic E-state index is 0.0849. The first kappa shape index (κ1) is 14.3. The highest BCUT2D eigenvalue weighted by Gasteiger charge is 2.23. The van der Waals surface area contributed by atoms with Crippen molar-refractivity contribution in [3.63, 3.8) is 0 Å². The molecule has 2 rings (SSSR count). The molecule has 0 saturated carbocycles. The molecule has 1 saturated heterocycles. The van der Waals surface area contributed by atoms with Crippen LogP contribution in [0.15, 0.2) is 11.4 Å². The van der Waals surface area contributed by atoms with Gasteiger partial charge in [-0.15, -0.1) is 11.3 Å². The van der Waals surface area contributed by atoms with Gasteiger partial charge in [-0.05, 0) is 37.8 Å². The van der Waals surface area contributed by atoms with Gasteiger partial charge in [0.05, 0.1) is 7.11 Å². The minimum atomic E-state index is 0.0849. The summed E-state index contributed by atoms with van der Waals surface area (Å²) in [6, 6.07) is 2.29. The van der Waals surface area contributed by atoms with E-state index in [1.165, 1.54) is 24.2 Å². The second kappa shape index (κ2) is 6.91. The number of nitrogens with one attached hydrogen (secondary N) is 1. The Morgan fingerprint density at radius 2 is 2.42 bits per heavy atom. The Hall–Kier alpha value is -1.07. The lowest BCUT2D eigenvalue weighted by Crippen LogP contribution is -2.45. The van der Waals surface area contributed by atoms with Crippen molar-refractivity contribution in [2.75, 3.05) is 26.7 Å². The van der Waals surface area contributed by atoms with Crippen molar-refractivity contribution >= 4 is 17.2 Å². The van der Waals surface area contributed by atoms with Crippen molar-refractivity contribution in [3.05, 3.63) is 16.3 Å². The summed E-state index contributed by atoms with van der Waals surface area (Å²) < 4.78 is 5.24. The van der Waals surface area contributed by atoms with Gasteiger partial charge in [-0.2, -0.15) is 0 Å². The van der Waals surface area contributed by atoms with E-state index in [-0.39, 0.29) is 5.91 Å². The number of methoxy groups -OCH3 is 1. The number of carbonyl (C=O) groups excluding carboxylic acids is 1. The Labute approximate surface area is 118 Å². The zero-order chi connectivity index (χ0) is 13.7. The third-order valence-corrected chi connectivity index (χ3v) is 4.45. The van der Waals surface area contributed by atoms with Crippen molar-refractivity contribution in [2.24, 2.45) is 0 Å². The smallest absolute Gasteiger partial charge is 0.267 e. The van der Waals surface area contributed by atoms with Crippen LogP contribution < -0.4 is 10.1 Å². The van der Waals surface area contributed by atoms with E-state index in [9.17, 15) is 4.79 Å². The van der Waals surface area contributed by atoms with Crippen LogP contribution in [0, 0.1) is 0 Å². The number of amides is 1. The predicted octanol–water partition coefficient (Wildman–Crippen LogP) is 2.36. The highest BCUT2D eigenvalue weighted by Crippen LogP contribution is 2.26. The Bertz CT molecular complexity index is 413. The summed E-state index contributed by atoms with van der Waals surface area (Å²) in [5.74, 6) is 0.770. The fourth-order valence-corrected chi connectivity index (χ4v) is 3.28. The van der Waals surface area contributed by atoms with Crippen molar-refractivity contribution in [3.8, 4) is 5.75 Å². The van der Waals surface area contributed by atoms with Gasteiger partial charge in [0.2, 0.25) is 0 Å². The van der Waals surface area contributed by atoms with E-state index in [1.807, 2.05) is 23.3 Å². The number of piperidine rings is 1. The molecule has 1 atom stereocenters. The Kier molecular flexibility index (Phi) is 5.22. The summed E-state index contributed by atoms with van der Waals surface area (Å²) in [4.78, 5) is 15.1. The van der Waals surface area contributed by atoms with E-state index in [0.29, 0.717) is 16.7 Å². The summed E-state index contributed by atoms with van der Waals surface area (Å²) in [5.41, 5.74) is 0. The number of nitrogens with zero attached hydrogens (tertiary/aromatic N) is 1. The van der Waals surface area contributed by atoms with Crippen molar-refractivity contribution in [1.82, 2.24) is 10.2 Å². The molecule has 1 aliphatic rings. The largest absolute Gasteiger partial charge is 0.495 e. The molecule has 0 bridgehead atoms. The average molecular weight is 282 g/mol. The van der Waals surface area contributed by atoms with Gasteiger partial charge in [0.25, 0.3) is 5.91 Å². The SMILES string of the molecule is CCN(CC1CCCCN1)C(=O)c1sccc1OC. The fourth-order valence-electron chi connectivity index (χ4n) is 2.46. The lowest BCUT2D eigenvalue weighted by molar-refractivity contribution is 0.0743. The van der Waals surface area contributed by atoms with Crippen LogP contribution in [0.5, 0.6) is 5.75 Å². The Morgan fingerprint density at radius 1 is 1.58 bits per heavy atom. The summed E-state index contributed by atoms with van der Waals surface area (Å²) >= 11 is 1.45. The summed E-state index contributed by atoms with van der Waals surface area (Å²) in [6.45, 7) is 4.62. The van der Waals surface area contributed by atoms with Gasteiger partial charge < -0.3 is 15.0 Å². The molecule has 1 unspecified atom stereocenters. The maximum atomic E-state index is 12.5. The van der Waals surface area contributed by atoms with Crippen LogP contribution in [0.1, 0.15) is 35.9 Å². The normalized spacial score (nSPS) is 19.2. The standard InChI is InChI=1S/C14H22N2O2S/c1-3-16(10-11-6-4-5-8-15-11)14(17)13-12(18-2)7-9-19-13/h7,9,11,15H,3-6,8,10H2,1-2H3. The quantitative estimate of drug-likeness (QED) is 0.901. The van der Waals surface area contributed by atoms with Crippen molar-refractivity contribution in [1.29, 1.82) is 0 Å². The molecule has 106 valence electrons. The van der Waals surface area contributed by atoms with E-state index < -0.39 is 0 Å². The highest BCUT2D eigenvalue weighted by molar-refractivity contribution is 7.12. The maximum absolute atomic E-state index is 12.5. The summed E-state index contributed by atoms with van der Waals surface area (Å²) in [5, 5.41) is 5.39. The number of likely N-dealkylation sites (N-methyl/N-ethyl adjacent to an activating group) is 1. The summed E-state index contributed by atoms with van der Waals surface area (Å²) in [7, 11) is 1.61. The van der Waals surface area contributed by atoms with Crippen molar-refractivity contribution < 1.29 is 9.53 Å². The van der Waals surface area contributed by atoms with E-state index in [4.69, 9.17) is 4.74 Å². The molecule has 4 nitrogen and oxygen atoms in total. The van der Waals surface area contributed by atoms with E-state index in [1.54, 1.807) is 7.11 Å². The monoisotopic (exact) mass is 282 g/mol. The molecule has 1 aromatic rings. The van der Waals surface area contributed by atoms with Crippen LogP contribution >= 0.6 is 11.3 Å². The van der Waals surface area contributed by atoms with Crippen LogP contribution in [-0.2, 0) is 0 Å². The van der Waals surface area contributed by atoms with Gasteiger partial charge in [0.15, 0.2) is 0 Å². The molecule has 1 amide bonds. The molecule has 1 fully saturated rings. The number of hydrogen-bond acceptors (Lipinski definition) is 4. The highest BCUT2D eigenvalue weighted by atomic mass is 32.1. The van der Waals surface area contributed by atoms with Gasteiger partial charge >= 0.3 is 0 Å². The van der Waals surface area contributed by atoms with E-state index in [2.05, 4.69) is 5.32 Å². The van der Waals surface area contributed by atoms with Gasteiger partial charge in [-0.25, -0.2) is 0 Å². The molecule has 0 spiro atoms. The average Bonchev–Trinajstić information content (AvgIpc) is 2.93. The molecule has 5 heteroatoms. The first-order valence-electron chi connectivity index (χ1n) is 6.90. The minimum Gasteiger partial charge on any atom is -0.495 e. The molecular weight excluding hydrogens is 260 g/mol. The lowest BCUT2D eigenvalue weighted by atomic mass is 10.0. The zero-order valence-electron chi connectivity index (χ0n) is 11.6. The first-order chi connectivity index (χ1) is 9.26. The van der Waals surface area contributed by atoms with Crippen LogP contribution in [-0.4, -0.2) is 43.6 Å². The molecule has 1 aliphatic heterocycles. The van der Waals surface area contributed by atoms with Crippen LogP contribution in [0.4, 0.5) is 0 Å². The van der Waals surface area contributed by atoms with E-state index in [0.717, 1.165) is 26.1 Å². The first-order valence-corrected chi connectivity index (χ1v) is 7.78. The molecule has 0 aliphatic carbocycles. The fraction of sp³-hybridized carbons (Fsp3) is 0.643. The predicted molar refractivity (Wildman–Crippen MR) is 78.1 cm³/mol. The van der Waals surface area contributed by atoms with Crippen LogP contribution in [0.25, 0.3) is 0 Å². The molecular formula is C14H22N2O2S. The second-order valence-corrected chi connectivity index (χ2v) is 5.72. The van der Waals surface area contributed by atoms with Gasteiger partial charge in [0.1, 0.15) is 10.6 Å². The van der Waals surface area contributed by atoms with Crippen LogP contribution in [0.3, 0.4) is 0 Å². The Balaban J connectivity index is 2.02. The third kappa shape index (κ3) is 3.48. The number of hydrogen-bond donors (Lipinski definition) is 1. The van der Waals surface area contributed by atoms with E-state index >= 15 is 0 Å². The number of carbonyl (C=O) groups is 1. The second-order valence-electron chi connectivity index (χ2n) is 4.81. The third-order valence-electron chi connectivity index (χ3n) is 3.57. The van der Waals surface area contributed by atoms with Gasteiger partial charge in [-0.1, -0.05) is 6.42 Å². The van der Waals surface area contributed by atoms with Crippen molar-refractivity contribution in [2.45, 2.75) is 32.2 Å². The molecule has 0 aromatic carbocycles. The van der Waals surface area contributed by atoms with Gasteiger partial charge in [-0.3, -0.25) is 4.79 Å². The maximum Gasteiger partial charge on any atom is 0.267 e. The molecule has 19 heavy (non-hydrogen) atoms. The zero-order valence-corrected chi connectivity index (χ0v) is 12.5. The molecule has 1 aromatic heterocycles. The van der Waals surface area contributed by atoms with Gasteiger partial charge in [0, 0.05) is 19.1 Å². The molecule has 2 heterocycles. The summed E-state index contributed by atoms with van der Waals surface area (Å²) in [6.07, 6.45) is 3.66. The molecule has 0 radical (unpaired) electrons.